The Labute approximate surface area is 192 Å². The number of thiophene rings is 1. The van der Waals surface area contributed by atoms with E-state index in [4.69, 9.17) is 4.98 Å². The molecular formula is C25H30N4O2S. The molecule has 2 aromatic heterocycles. The summed E-state index contributed by atoms with van der Waals surface area (Å²) in [6.45, 7) is 3.45. The summed E-state index contributed by atoms with van der Waals surface area (Å²) in [6, 6.07) is 8.63. The number of nitrogens with one attached hydrogen (secondary N) is 2. The van der Waals surface area contributed by atoms with Crippen LogP contribution in [0.3, 0.4) is 0 Å². The van der Waals surface area contributed by atoms with E-state index >= 15 is 0 Å². The number of carbonyl (C=O) groups is 1. The number of nitrogens with zero attached hydrogens (tertiary/aromatic N) is 2. The molecule has 0 bridgehead atoms. The Morgan fingerprint density at radius 2 is 1.91 bits per heavy atom. The van der Waals surface area contributed by atoms with E-state index in [1.807, 2.05) is 5.38 Å². The van der Waals surface area contributed by atoms with Crippen LogP contribution in [0.15, 0.2) is 34.4 Å². The molecule has 1 amide bonds. The fraction of sp³-hybridized carbons (Fsp3) is 0.480. The Morgan fingerprint density at radius 1 is 1.12 bits per heavy atom. The van der Waals surface area contributed by atoms with Gasteiger partial charge in [-0.25, -0.2) is 4.98 Å². The molecule has 6 nitrogen and oxygen atoms in total. The van der Waals surface area contributed by atoms with E-state index in [1.165, 1.54) is 36.2 Å². The van der Waals surface area contributed by atoms with Crippen molar-refractivity contribution < 1.29 is 4.79 Å². The van der Waals surface area contributed by atoms with Gasteiger partial charge in [-0.3, -0.25) is 14.6 Å². The standard InChI is InChI=1S/C25H30N4O2S/c1-16-9-11-17(12-10-16)20-15-32-22-21(20)27-25(28-24(22)31)29-13-5-6-18(14-29)23(30)26-19-7-3-2-4-8-19/h9-12,15,18-19H,2-8,13-14H2,1H3,(H,26,30)(H,27,28,31)/t18-/m0/s1. The Bertz CT molecular complexity index is 1160. The van der Waals surface area contributed by atoms with Crippen LogP contribution in [0.25, 0.3) is 21.3 Å². The number of hydrogen-bond acceptors (Lipinski definition) is 5. The molecule has 1 saturated heterocycles. The number of anilines is 1. The zero-order valence-electron chi connectivity index (χ0n) is 18.5. The topological polar surface area (TPSA) is 78.1 Å². The number of piperidine rings is 1. The van der Waals surface area contributed by atoms with E-state index in [0.717, 1.165) is 48.9 Å². The molecule has 2 N–H and O–H groups in total. The fourth-order valence-corrected chi connectivity index (χ4v) is 5.86. The van der Waals surface area contributed by atoms with Gasteiger partial charge in [-0.2, -0.15) is 0 Å². The highest BCUT2D eigenvalue weighted by atomic mass is 32.1. The molecule has 0 spiro atoms. The van der Waals surface area contributed by atoms with Crippen molar-refractivity contribution in [2.45, 2.75) is 57.9 Å². The summed E-state index contributed by atoms with van der Waals surface area (Å²) < 4.78 is 0.646. The third-order valence-corrected chi connectivity index (χ3v) is 7.79. The summed E-state index contributed by atoms with van der Waals surface area (Å²) in [4.78, 5) is 35.7. The minimum Gasteiger partial charge on any atom is -0.353 e. The number of H-pyrrole nitrogens is 1. The van der Waals surface area contributed by atoms with Gasteiger partial charge in [-0.05, 0) is 38.2 Å². The van der Waals surface area contributed by atoms with Gasteiger partial charge in [-0.1, -0.05) is 49.1 Å². The Morgan fingerprint density at radius 3 is 2.69 bits per heavy atom. The van der Waals surface area contributed by atoms with Crippen molar-refractivity contribution >= 4 is 33.4 Å². The Balaban J connectivity index is 1.38. The van der Waals surface area contributed by atoms with Gasteiger partial charge in [0.1, 0.15) is 4.70 Å². The van der Waals surface area contributed by atoms with Crippen LogP contribution in [0.1, 0.15) is 50.5 Å². The van der Waals surface area contributed by atoms with Crippen LogP contribution in [0, 0.1) is 12.8 Å². The van der Waals surface area contributed by atoms with E-state index in [-0.39, 0.29) is 17.4 Å². The second-order valence-corrected chi connectivity index (χ2v) is 10.1. The van der Waals surface area contributed by atoms with Gasteiger partial charge in [0.2, 0.25) is 11.9 Å². The molecule has 2 aliphatic rings. The molecule has 1 atom stereocenters. The predicted molar refractivity (Wildman–Crippen MR) is 130 cm³/mol. The minimum absolute atomic E-state index is 0.0641. The lowest BCUT2D eigenvalue weighted by molar-refractivity contribution is -0.126. The van der Waals surface area contributed by atoms with Crippen molar-refractivity contribution in [2.24, 2.45) is 5.92 Å². The number of fused-ring (bicyclic) bond motifs is 1. The molecule has 0 unspecified atom stereocenters. The van der Waals surface area contributed by atoms with Crippen LogP contribution in [0.2, 0.25) is 0 Å². The lowest BCUT2D eigenvalue weighted by Gasteiger charge is -2.33. The monoisotopic (exact) mass is 450 g/mol. The van der Waals surface area contributed by atoms with Crippen molar-refractivity contribution in [1.82, 2.24) is 15.3 Å². The quantitative estimate of drug-likeness (QED) is 0.608. The van der Waals surface area contributed by atoms with Crippen molar-refractivity contribution in [3.05, 3.63) is 45.6 Å². The second kappa shape index (κ2) is 9.06. The van der Waals surface area contributed by atoms with Gasteiger partial charge in [-0.15, -0.1) is 11.3 Å². The molecule has 168 valence electrons. The number of aromatic amines is 1. The van der Waals surface area contributed by atoms with Crippen LogP contribution < -0.4 is 15.8 Å². The number of rotatable bonds is 4. The largest absolute Gasteiger partial charge is 0.353 e. The molecule has 1 saturated carbocycles. The molecule has 32 heavy (non-hydrogen) atoms. The molecule has 1 aliphatic heterocycles. The van der Waals surface area contributed by atoms with Gasteiger partial charge in [0.25, 0.3) is 5.56 Å². The average molecular weight is 451 g/mol. The highest BCUT2D eigenvalue weighted by molar-refractivity contribution is 7.17. The van der Waals surface area contributed by atoms with Crippen molar-refractivity contribution in [3.63, 3.8) is 0 Å². The van der Waals surface area contributed by atoms with Gasteiger partial charge in [0.05, 0.1) is 11.4 Å². The molecule has 5 rings (SSSR count). The fourth-order valence-electron chi connectivity index (χ4n) is 4.95. The van der Waals surface area contributed by atoms with Crippen LogP contribution in [-0.2, 0) is 4.79 Å². The maximum Gasteiger partial charge on any atom is 0.270 e. The second-order valence-electron chi connectivity index (χ2n) is 9.21. The lowest BCUT2D eigenvalue weighted by atomic mass is 9.93. The first kappa shape index (κ1) is 21.2. The summed E-state index contributed by atoms with van der Waals surface area (Å²) in [5, 5.41) is 5.29. The molecule has 2 fully saturated rings. The molecule has 3 aromatic rings. The molecule has 0 radical (unpaired) electrons. The number of aryl methyl sites for hydroxylation is 1. The maximum atomic E-state index is 12.9. The number of amides is 1. The number of benzene rings is 1. The third-order valence-electron chi connectivity index (χ3n) is 6.82. The molecule has 1 aliphatic carbocycles. The summed E-state index contributed by atoms with van der Waals surface area (Å²) in [5.74, 6) is 0.663. The molecule has 3 heterocycles. The predicted octanol–water partition coefficient (Wildman–Crippen LogP) is 4.63. The van der Waals surface area contributed by atoms with Crippen LogP contribution in [-0.4, -0.2) is 35.0 Å². The van der Waals surface area contributed by atoms with Gasteiger partial charge < -0.3 is 10.2 Å². The summed E-state index contributed by atoms with van der Waals surface area (Å²) >= 11 is 1.43. The number of carbonyl (C=O) groups excluding carboxylic acids is 1. The lowest BCUT2D eigenvalue weighted by Crippen LogP contribution is -2.47. The average Bonchev–Trinajstić information content (AvgIpc) is 3.25. The summed E-state index contributed by atoms with van der Waals surface area (Å²) in [5.41, 5.74) is 3.88. The molecule has 7 heteroatoms. The summed E-state index contributed by atoms with van der Waals surface area (Å²) in [6.07, 6.45) is 7.67. The van der Waals surface area contributed by atoms with Crippen LogP contribution in [0.4, 0.5) is 5.95 Å². The third kappa shape index (κ3) is 4.31. The minimum atomic E-state index is -0.109. The van der Waals surface area contributed by atoms with E-state index in [0.29, 0.717) is 23.2 Å². The highest BCUT2D eigenvalue weighted by Crippen LogP contribution is 2.32. The Hall–Kier alpha value is -2.67. The zero-order valence-corrected chi connectivity index (χ0v) is 19.3. The van der Waals surface area contributed by atoms with Crippen LogP contribution >= 0.6 is 11.3 Å². The van der Waals surface area contributed by atoms with E-state index in [1.54, 1.807) is 0 Å². The first-order valence-corrected chi connectivity index (χ1v) is 12.6. The highest BCUT2D eigenvalue weighted by Gasteiger charge is 2.29. The van der Waals surface area contributed by atoms with Gasteiger partial charge >= 0.3 is 0 Å². The van der Waals surface area contributed by atoms with Gasteiger partial charge in [0.15, 0.2) is 0 Å². The number of aromatic nitrogens is 2. The SMILES string of the molecule is Cc1ccc(-c2csc3c(=O)[nH]c(N4CCC[C@H](C(=O)NC5CCCCC5)C4)nc23)cc1. The van der Waals surface area contributed by atoms with E-state index in [9.17, 15) is 9.59 Å². The normalized spacial score (nSPS) is 19.9. The van der Waals surface area contributed by atoms with E-state index in [2.05, 4.69) is 46.4 Å². The van der Waals surface area contributed by atoms with E-state index < -0.39 is 0 Å². The van der Waals surface area contributed by atoms with Crippen molar-refractivity contribution in [3.8, 4) is 11.1 Å². The maximum absolute atomic E-state index is 12.9. The van der Waals surface area contributed by atoms with Gasteiger partial charge in [0, 0.05) is 30.1 Å². The van der Waals surface area contributed by atoms with Crippen molar-refractivity contribution in [2.75, 3.05) is 18.0 Å². The smallest absolute Gasteiger partial charge is 0.270 e. The molecular weight excluding hydrogens is 420 g/mol. The number of hydrogen-bond donors (Lipinski definition) is 2. The zero-order chi connectivity index (χ0) is 22.1. The van der Waals surface area contributed by atoms with Crippen LogP contribution in [0.5, 0.6) is 0 Å². The summed E-state index contributed by atoms with van der Waals surface area (Å²) in [7, 11) is 0. The van der Waals surface area contributed by atoms with Crippen molar-refractivity contribution in [1.29, 1.82) is 0 Å². The first-order chi connectivity index (χ1) is 15.6. The molecule has 1 aromatic carbocycles. The Kier molecular flexibility index (Phi) is 6.00. The first-order valence-electron chi connectivity index (χ1n) is 11.7.